The smallest absolute Gasteiger partial charge is 0.261 e. The second-order valence-electron chi connectivity index (χ2n) is 4.67. The van der Waals surface area contributed by atoms with E-state index in [0.717, 1.165) is 0 Å². The molecule has 0 aliphatic rings. The summed E-state index contributed by atoms with van der Waals surface area (Å²) < 4.78 is 37.8. The molecule has 3 aromatic rings. The summed E-state index contributed by atoms with van der Waals surface area (Å²) in [7, 11) is -2.18. The number of sulfonamides is 1. The van der Waals surface area contributed by atoms with Gasteiger partial charge < -0.3 is 9.15 Å². The van der Waals surface area contributed by atoms with Gasteiger partial charge in [-0.3, -0.25) is 4.72 Å². The molecule has 0 spiro atoms. The third-order valence-corrected chi connectivity index (χ3v) is 4.52. The minimum absolute atomic E-state index is 0.144. The van der Waals surface area contributed by atoms with Crippen molar-refractivity contribution < 1.29 is 17.6 Å². The number of nitrogens with zero attached hydrogens (tertiary/aromatic N) is 1. The molecule has 1 heterocycles. The first kappa shape index (κ1) is 14.4. The van der Waals surface area contributed by atoms with Crippen molar-refractivity contribution >= 4 is 26.8 Å². The Morgan fingerprint density at radius 3 is 2.55 bits per heavy atom. The van der Waals surface area contributed by atoms with Crippen molar-refractivity contribution in [2.75, 3.05) is 11.8 Å². The van der Waals surface area contributed by atoms with E-state index in [1.165, 1.54) is 19.2 Å². The molecule has 0 amide bonds. The van der Waals surface area contributed by atoms with Crippen LogP contribution in [0.1, 0.15) is 5.89 Å². The van der Waals surface area contributed by atoms with Crippen molar-refractivity contribution in [1.82, 2.24) is 4.98 Å². The van der Waals surface area contributed by atoms with Gasteiger partial charge in [0.15, 0.2) is 11.5 Å². The zero-order chi connectivity index (χ0) is 15.7. The Balaban J connectivity index is 1.98. The first-order valence-electron chi connectivity index (χ1n) is 6.52. The van der Waals surface area contributed by atoms with Gasteiger partial charge >= 0.3 is 0 Å². The van der Waals surface area contributed by atoms with E-state index in [9.17, 15) is 8.42 Å². The van der Waals surface area contributed by atoms with Gasteiger partial charge in [0, 0.05) is 6.92 Å². The number of oxazole rings is 1. The number of hydrogen-bond donors (Lipinski definition) is 1. The molecule has 0 radical (unpaired) electrons. The van der Waals surface area contributed by atoms with Crippen molar-refractivity contribution in [2.24, 2.45) is 0 Å². The summed E-state index contributed by atoms with van der Waals surface area (Å²) in [5.74, 6) is 1.07. The molecule has 1 aromatic heterocycles. The van der Waals surface area contributed by atoms with Gasteiger partial charge in [-0.2, -0.15) is 0 Å². The van der Waals surface area contributed by atoms with E-state index in [1.807, 2.05) is 0 Å². The SMILES string of the molecule is COc1ccc(S(=O)(=O)Nc2cccc3oc(C)nc23)cc1. The topological polar surface area (TPSA) is 81.4 Å². The quantitative estimate of drug-likeness (QED) is 0.800. The molecule has 0 saturated heterocycles. The van der Waals surface area contributed by atoms with Crippen LogP contribution in [0.15, 0.2) is 51.8 Å². The van der Waals surface area contributed by atoms with E-state index in [4.69, 9.17) is 9.15 Å². The number of anilines is 1. The number of fused-ring (bicyclic) bond motifs is 1. The largest absolute Gasteiger partial charge is 0.497 e. The van der Waals surface area contributed by atoms with E-state index in [0.29, 0.717) is 28.4 Å². The van der Waals surface area contributed by atoms with E-state index in [2.05, 4.69) is 9.71 Å². The zero-order valence-electron chi connectivity index (χ0n) is 12.0. The summed E-state index contributed by atoms with van der Waals surface area (Å²) in [5, 5.41) is 0. The molecule has 7 heteroatoms. The molecule has 0 bridgehead atoms. The molecular formula is C15H14N2O4S. The molecule has 0 unspecified atom stereocenters. The number of hydrogen-bond acceptors (Lipinski definition) is 5. The number of aromatic nitrogens is 1. The number of nitrogens with one attached hydrogen (secondary N) is 1. The van der Waals surface area contributed by atoms with Gasteiger partial charge in [-0.15, -0.1) is 0 Å². The van der Waals surface area contributed by atoms with Crippen LogP contribution in [0, 0.1) is 6.92 Å². The van der Waals surface area contributed by atoms with Crippen LogP contribution in [0.5, 0.6) is 5.75 Å². The molecule has 0 aliphatic carbocycles. The van der Waals surface area contributed by atoms with E-state index >= 15 is 0 Å². The standard InChI is InChI=1S/C15H14N2O4S/c1-10-16-15-13(4-3-5-14(15)21-10)17-22(18,19)12-8-6-11(20-2)7-9-12/h3-9,17H,1-2H3. The molecule has 1 N–H and O–H groups in total. The van der Waals surface area contributed by atoms with Crippen molar-refractivity contribution in [3.8, 4) is 5.75 Å². The van der Waals surface area contributed by atoms with Crippen LogP contribution in [0.4, 0.5) is 5.69 Å². The van der Waals surface area contributed by atoms with Crippen LogP contribution in [0.25, 0.3) is 11.1 Å². The summed E-state index contributed by atoms with van der Waals surface area (Å²) in [4.78, 5) is 4.35. The van der Waals surface area contributed by atoms with E-state index < -0.39 is 10.0 Å². The van der Waals surface area contributed by atoms with E-state index in [1.54, 1.807) is 37.3 Å². The molecule has 2 aromatic carbocycles. The molecule has 0 aliphatic heterocycles. The number of para-hydroxylation sites is 1. The lowest BCUT2D eigenvalue weighted by Gasteiger charge is -2.08. The first-order chi connectivity index (χ1) is 10.5. The Kier molecular flexibility index (Phi) is 3.50. The Morgan fingerprint density at radius 2 is 1.86 bits per heavy atom. The van der Waals surface area contributed by atoms with Gasteiger partial charge in [0.1, 0.15) is 11.3 Å². The maximum atomic E-state index is 12.4. The monoisotopic (exact) mass is 318 g/mol. The Morgan fingerprint density at radius 1 is 1.14 bits per heavy atom. The van der Waals surface area contributed by atoms with Crippen molar-refractivity contribution in [3.63, 3.8) is 0 Å². The lowest BCUT2D eigenvalue weighted by atomic mass is 10.3. The minimum Gasteiger partial charge on any atom is -0.497 e. The minimum atomic E-state index is -3.71. The Labute approximate surface area is 127 Å². The predicted molar refractivity (Wildman–Crippen MR) is 82.5 cm³/mol. The maximum Gasteiger partial charge on any atom is 0.261 e. The lowest BCUT2D eigenvalue weighted by Crippen LogP contribution is -2.13. The normalized spacial score (nSPS) is 11.5. The van der Waals surface area contributed by atoms with Gasteiger partial charge in [-0.25, -0.2) is 13.4 Å². The van der Waals surface area contributed by atoms with Gasteiger partial charge in [0.25, 0.3) is 10.0 Å². The number of ether oxygens (including phenoxy) is 1. The van der Waals surface area contributed by atoms with Crippen molar-refractivity contribution in [1.29, 1.82) is 0 Å². The van der Waals surface area contributed by atoms with Crippen molar-refractivity contribution in [2.45, 2.75) is 11.8 Å². The highest BCUT2D eigenvalue weighted by Gasteiger charge is 2.17. The molecule has 22 heavy (non-hydrogen) atoms. The van der Waals surface area contributed by atoms with Gasteiger partial charge in [-0.1, -0.05) is 6.07 Å². The molecule has 0 fully saturated rings. The highest BCUT2D eigenvalue weighted by atomic mass is 32.2. The summed E-state index contributed by atoms with van der Waals surface area (Å²) in [6.45, 7) is 1.71. The van der Waals surface area contributed by atoms with Crippen LogP contribution in [-0.4, -0.2) is 20.5 Å². The maximum absolute atomic E-state index is 12.4. The molecule has 114 valence electrons. The molecule has 0 atom stereocenters. The second-order valence-corrected chi connectivity index (χ2v) is 6.35. The highest BCUT2D eigenvalue weighted by molar-refractivity contribution is 7.92. The van der Waals surface area contributed by atoms with Crippen molar-refractivity contribution in [3.05, 3.63) is 48.4 Å². The van der Waals surface area contributed by atoms with Gasteiger partial charge in [0.05, 0.1) is 17.7 Å². The average Bonchev–Trinajstić information content (AvgIpc) is 2.88. The first-order valence-corrected chi connectivity index (χ1v) is 8.01. The average molecular weight is 318 g/mol. The second kappa shape index (κ2) is 5.34. The summed E-state index contributed by atoms with van der Waals surface area (Å²) in [6, 6.07) is 11.2. The predicted octanol–water partition coefficient (Wildman–Crippen LogP) is 2.95. The Bertz CT molecular complexity index is 914. The van der Waals surface area contributed by atoms with Gasteiger partial charge in [-0.05, 0) is 36.4 Å². The van der Waals surface area contributed by atoms with Crippen LogP contribution >= 0.6 is 0 Å². The third kappa shape index (κ3) is 2.62. The number of methoxy groups -OCH3 is 1. The van der Waals surface area contributed by atoms with Crippen LogP contribution in [0.2, 0.25) is 0 Å². The van der Waals surface area contributed by atoms with E-state index in [-0.39, 0.29) is 4.90 Å². The van der Waals surface area contributed by atoms with Crippen LogP contribution < -0.4 is 9.46 Å². The van der Waals surface area contributed by atoms with Gasteiger partial charge in [0.2, 0.25) is 0 Å². The number of benzene rings is 2. The van der Waals surface area contributed by atoms with Crippen LogP contribution in [0.3, 0.4) is 0 Å². The molecule has 3 rings (SSSR count). The third-order valence-electron chi connectivity index (χ3n) is 3.14. The number of aryl methyl sites for hydroxylation is 1. The summed E-state index contributed by atoms with van der Waals surface area (Å²) in [6.07, 6.45) is 0. The lowest BCUT2D eigenvalue weighted by molar-refractivity contribution is 0.414. The van der Waals surface area contributed by atoms with Crippen LogP contribution in [-0.2, 0) is 10.0 Å². The molecule has 6 nitrogen and oxygen atoms in total. The molecule has 0 saturated carbocycles. The highest BCUT2D eigenvalue weighted by Crippen LogP contribution is 2.26. The number of rotatable bonds is 4. The fourth-order valence-electron chi connectivity index (χ4n) is 2.10. The Hall–Kier alpha value is -2.54. The summed E-state index contributed by atoms with van der Waals surface area (Å²) >= 11 is 0. The zero-order valence-corrected chi connectivity index (χ0v) is 12.8. The molecular weight excluding hydrogens is 304 g/mol. The fraction of sp³-hybridized carbons (Fsp3) is 0.133. The fourth-order valence-corrected chi connectivity index (χ4v) is 3.17. The summed E-state index contributed by atoms with van der Waals surface area (Å²) in [5.41, 5.74) is 1.40.